The van der Waals surface area contributed by atoms with Crippen molar-refractivity contribution < 1.29 is 9.59 Å². The van der Waals surface area contributed by atoms with Crippen LogP contribution in [-0.2, 0) is 6.42 Å². The number of hydrogen-bond donors (Lipinski definition) is 0. The third-order valence-electron chi connectivity index (χ3n) is 5.46. The highest BCUT2D eigenvalue weighted by atomic mass is 35.5. The predicted octanol–water partition coefficient (Wildman–Crippen LogP) is 7.13. The van der Waals surface area contributed by atoms with Gasteiger partial charge in [0.05, 0.1) is 11.2 Å². The number of ketones is 2. The second-order valence-corrected chi connectivity index (χ2v) is 9.67. The number of Topliss-reactive ketones (excluding diaryl/α,β-unsaturated/α-hetero) is 1. The molecular weight excluding hydrogens is 394 g/mol. The van der Waals surface area contributed by atoms with Gasteiger partial charge in [-0.25, -0.2) is 0 Å². The summed E-state index contributed by atoms with van der Waals surface area (Å²) >= 11 is 6.02. The quantitative estimate of drug-likeness (QED) is 0.395. The van der Waals surface area contributed by atoms with Crippen LogP contribution >= 0.6 is 11.6 Å². The van der Waals surface area contributed by atoms with E-state index in [4.69, 9.17) is 11.6 Å². The number of aromatic nitrogens is 1. The van der Waals surface area contributed by atoms with Gasteiger partial charge in [-0.15, -0.1) is 0 Å². The lowest BCUT2D eigenvalue weighted by atomic mass is 9.84. The fourth-order valence-electron chi connectivity index (χ4n) is 3.79. The smallest absolute Gasteiger partial charge is 0.210 e. The first kappa shape index (κ1) is 22.3. The van der Waals surface area contributed by atoms with Crippen molar-refractivity contribution in [3.05, 3.63) is 75.6 Å². The summed E-state index contributed by atoms with van der Waals surface area (Å²) in [5, 5.41) is 0.588. The van der Waals surface area contributed by atoms with Crippen molar-refractivity contribution in [2.75, 3.05) is 0 Å². The largest absolute Gasteiger partial charge is 0.313 e. The fraction of sp³-hybridized carbons (Fsp3) is 0.385. The second-order valence-electron chi connectivity index (χ2n) is 9.24. The van der Waals surface area contributed by atoms with Crippen LogP contribution in [0.5, 0.6) is 0 Å². The van der Waals surface area contributed by atoms with E-state index in [-0.39, 0.29) is 11.6 Å². The predicted molar refractivity (Wildman–Crippen MR) is 124 cm³/mol. The highest BCUT2D eigenvalue weighted by Crippen LogP contribution is 2.34. The third kappa shape index (κ3) is 4.09. The van der Waals surface area contributed by atoms with Crippen LogP contribution in [0.25, 0.3) is 5.52 Å². The summed E-state index contributed by atoms with van der Waals surface area (Å²) < 4.78 is 1.91. The number of pyridine rings is 1. The van der Waals surface area contributed by atoms with Crippen molar-refractivity contribution in [3.8, 4) is 0 Å². The lowest BCUT2D eigenvalue weighted by Gasteiger charge is -2.18. The van der Waals surface area contributed by atoms with Crippen LogP contribution in [0.15, 0.2) is 42.6 Å². The molecule has 0 N–H and O–H groups in total. The summed E-state index contributed by atoms with van der Waals surface area (Å²) in [5.41, 5.74) is 4.11. The van der Waals surface area contributed by atoms with E-state index in [0.717, 1.165) is 23.1 Å². The first-order valence-electron chi connectivity index (χ1n) is 10.6. The van der Waals surface area contributed by atoms with E-state index < -0.39 is 5.41 Å². The molecular formula is C26H30ClNO2. The van der Waals surface area contributed by atoms with Gasteiger partial charge in [0.2, 0.25) is 5.78 Å². The maximum Gasteiger partial charge on any atom is 0.210 e. The highest BCUT2D eigenvalue weighted by Gasteiger charge is 2.32. The second kappa shape index (κ2) is 8.39. The molecule has 0 atom stereocenters. The van der Waals surface area contributed by atoms with Gasteiger partial charge in [-0.2, -0.15) is 0 Å². The van der Waals surface area contributed by atoms with Crippen LogP contribution in [0.1, 0.15) is 91.4 Å². The van der Waals surface area contributed by atoms with E-state index in [9.17, 15) is 9.59 Å². The lowest BCUT2D eigenvalue weighted by Crippen LogP contribution is -2.21. The topological polar surface area (TPSA) is 38.5 Å². The first-order chi connectivity index (χ1) is 14.1. The molecule has 2 heterocycles. The van der Waals surface area contributed by atoms with E-state index in [0.29, 0.717) is 34.2 Å². The van der Waals surface area contributed by atoms with Crippen LogP contribution in [-0.4, -0.2) is 16.0 Å². The monoisotopic (exact) mass is 423 g/mol. The Balaban J connectivity index is 2.38. The summed E-state index contributed by atoms with van der Waals surface area (Å²) in [7, 11) is 0. The van der Waals surface area contributed by atoms with Crippen LogP contribution in [0.2, 0.25) is 5.02 Å². The number of rotatable bonds is 6. The third-order valence-corrected chi connectivity index (χ3v) is 5.71. The van der Waals surface area contributed by atoms with E-state index in [1.54, 1.807) is 24.3 Å². The lowest BCUT2D eigenvalue weighted by molar-refractivity contribution is 0.0859. The molecule has 0 saturated carbocycles. The number of nitrogens with zero attached hydrogens (tertiary/aromatic N) is 1. The molecule has 0 aliphatic carbocycles. The highest BCUT2D eigenvalue weighted by molar-refractivity contribution is 6.30. The Morgan fingerprint density at radius 1 is 1.07 bits per heavy atom. The zero-order valence-corrected chi connectivity index (χ0v) is 19.4. The molecule has 0 unspecified atom stereocenters. The van der Waals surface area contributed by atoms with Gasteiger partial charge in [-0.3, -0.25) is 9.59 Å². The van der Waals surface area contributed by atoms with Crippen LogP contribution in [0.4, 0.5) is 0 Å². The minimum absolute atomic E-state index is 0.0690. The molecule has 0 fully saturated rings. The number of halogens is 1. The number of carbonyl (C=O) groups is 2. The molecule has 3 rings (SSSR count). The zero-order valence-electron chi connectivity index (χ0n) is 18.7. The van der Waals surface area contributed by atoms with Crippen molar-refractivity contribution in [1.82, 2.24) is 4.40 Å². The first-order valence-corrected chi connectivity index (χ1v) is 11.0. The molecule has 0 aliphatic heterocycles. The van der Waals surface area contributed by atoms with Crippen LogP contribution < -0.4 is 0 Å². The van der Waals surface area contributed by atoms with Gasteiger partial charge in [0, 0.05) is 27.8 Å². The van der Waals surface area contributed by atoms with Crippen molar-refractivity contribution in [2.45, 2.75) is 60.3 Å². The molecule has 4 heteroatoms. The molecule has 3 aromatic rings. The number of benzene rings is 1. The van der Waals surface area contributed by atoms with Gasteiger partial charge in [0.25, 0.3) is 0 Å². The molecule has 1 aromatic carbocycles. The number of carbonyl (C=O) groups excluding carboxylic acids is 2. The Hall–Kier alpha value is -2.39. The van der Waals surface area contributed by atoms with Crippen LogP contribution in [0.3, 0.4) is 0 Å². The Morgan fingerprint density at radius 3 is 2.23 bits per heavy atom. The molecule has 0 bridgehead atoms. The Kier molecular flexibility index (Phi) is 6.24. The van der Waals surface area contributed by atoms with Crippen molar-refractivity contribution in [3.63, 3.8) is 0 Å². The van der Waals surface area contributed by atoms with Gasteiger partial charge in [-0.05, 0) is 59.9 Å². The zero-order chi connectivity index (χ0) is 22.2. The Morgan fingerprint density at radius 2 is 1.70 bits per heavy atom. The van der Waals surface area contributed by atoms with Crippen molar-refractivity contribution in [2.24, 2.45) is 5.41 Å². The van der Waals surface area contributed by atoms with Crippen molar-refractivity contribution in [1.29, 1.82) is 0 Å². The summed E-state index contributed by atoms with van der Waals surface area (Å²) in [6, 6.07) is 11.0. The Bertz CT molecular complexity index is 1100. The number of fused-ring (bicyclic) bond motifs is 1. The maximum atomic E-state index is 13.6. The van der Waals surface area contributed by atoms with Gasteiger partial charge in [0.1, 0.15) is 0 Å². The van der Waals surface area contributed by atoms with Gasteiger partial charge >= 0.3 is 0 Å². The van der Waals surface area contributed by atoms with Gasteiger partial charge in [-0.1, -0.05) is 59.6 Å². The summed E-state index contributed by atoms with van der Waals surface area (Å²) in [6.45, 7) is 12.1. The molecule has 30 heavy (non-hydrogen) atoms. The standard InChI is InChI=1S/C26H30ClNO2/c1-7-8-20-22(25(30)26(4,5)6)21-15-18(16(2)3)13-14-28(21)23(20)24(29)17-9-11-19(27)12-10-17/h9-16H,7-8H2,1-6H3. The van der Waals surface area contributed by atoms with Crippen molar-refractivity contribution >= 4 is 28.7 Å². The summed E-state index contributed by atoms with van der Waals surface area (Å²) in [4.78, 5) is 27.1. The summed E-state index contributed by atoms with van der Waals surface area (Å²) in [6.07, 6.45) is 3.45. The molecule has 0 aliphatic rings. The summed E-state index contributed by atoms with van der Waals surface area (Å²) in [5.74, 6) is 0.308. The molecule has 0 amide bonds. The number of hydrogen-bond acceptors (Lipinski definition) is 2. The van der Waals surface area contributed by atoms with Gasteiger partial charge in [0.15, 0.2) is 5.78 Å². The van der Waals surface area contributed by atoms with E-state index in [1.165, 1.54) is 0 Å². The molecule has 2 aromatic heterocycles. The van der Waals surface area contributed by atoms with Crippen LogP contribution in [0, 0.1) is 5.41 Å². The molecule has 0 spiro atoms. The van der Waals surface area contributed by atoms with E-state index in [2.05, 4.69) is 26.8 Å². The maximum absolute atomic E-state index is 13.6. The minimum atomic E-state index is -0.543. The van der Waals surface area contributed by atoms with E-state index in [1.807, 2.05) is 37.4 Å². The molecule has 0 radical (unpaired) electrons. The average molecular weight is 424 g/mol. The minimum Gasteiger partial charge on any atom is -0.313 e. The molecule has 158 valence electrons. The Labute approximate surface area is 184 Å². The normalized spacial score (nSPS) is 12.0. The SMILES string of the molecule is CCCc1c(C(=O)C(C)(C)C)c2cc(C(C)C)ccn2c1C(=O)c1ccc(Cl)cc1. The van der Waals surface area contributed by atoms with Gasteiger partial charge < -0.3 is 4.40 Å². The molecule has 0 saturated heterocycles. The van der Waals surface area contributed by atoms with E-state index >= 15 is 0 Å². The fourth-order valence-corrected chi connectivity index (χ4v) is 3.91. The molecule has 3 nitrogen and oxygen atoms in total. The average Bonchev–Trinajstić information content (AvgIpc) is 2.99.